The Bertz CT molecular complexity index is 622. The molecule has 1 atom stereocenters. The van der Waals surface area contributed by atoms with Crippen LogP contribution in [-0.4, -0.2) is 45.6 Å². The second kappa shape index (κ2) is 6.81. The molecular weight excluding hydrogens is 335 g/mol. The van der Waals surface area contributed by atoms with Crippen molar-refractivity contribution in [3.8, 4) is 0 Å². The molecule has 0 aromatic heterocycles. The summed E-state index contributed by atoms with van der Waals surface area (Å²) in [5.41, 5.74) is 0.697. The monoisotopic (exact) mass is 352 g/mol. The first-order valence-corrected chi connectivity index (χ1v) is 8.79. The van der Waals surface area contributed by atoms with Gasteiger partial charge in [-0.3, -0.25) is 0 Å². The number of hydrogen-bond acceptors (Lipinski definition) is 4. The highest BCUT2D eigenvalue weighted by molar-refractivity contribution is 7.89. The Kier molecular flexibility index (Phi) is 5.51. The number of rotatable bonds is 4. The van der Waals surface area contributed by atoms with Crippen LogP contribution in [0.3, 0.4) is 0 Å². The standard InChI is InChI=1S/C13H18Cl2N2O3S/c1-9-8-20-4-3-17(9)21(18,19)13-5-10(7-16-2)11(14)6-12(13)15/h5-6,9,16H,3-4,7-8H2,1-2H3. The molecule has 1 unspecified atom stereocenters. The number of nitrogens with one attached hydrogen (secondary N) is 1. The molecule has 1 N–H and O–H groups in total. The fourth-order valence-electron chi connectivity index (χ4n) is 2.29. The van der Waals surface area contributed by atoms with Gasteiger partial charge in [0.25, 0.3) is 0 Å². The van der Waals surface area contributed by atoms with E-state index in [0.717, 1.165) is 0 Å². The van der Waals surface area contributed by atoms with Gasteiger partial charge in [0.15, 0.2) is 0 Å². The van der Waals surface area contributed by atoms with E-state index in [1.54, 1.807) is 13.1 Å². The summed E-state index contributed by atoms with van der Waals surface area (Å²) >= 11 is 12.2. The minimum absolute atomic E-state index is 0.0903. The van der Waals surface area contributed by atoms with Gasteiger partial charge < -0.3 is 10.1 Å². The molecule has 2 rings (SSSR count). The van der Waals surface area contributed by atoms with Crippen molar-refractivity contribution in [3.63, 3.8) is 0 Å². The van der Waals surface area contributed by atoms with E-state index in [2.05, 4.69) is 5.32 Å². The van der Waals surface area contributed by atoms with Gasteiger partial charge in [0.2, 0.25) is 10.0 Å². The molecule has 5 nitrogen and oxygen atoms in total. The Morgan fingerprint density at radius 2 is 2.10 bits per heavy atom. The van der Waals surface area contributed by atoms with E-state index >= 15 is 0 Å². The van der Waals surface area contributed by atoms with Crippen LogP contribution in [0, 0.1) is 0 Å². The summed E-state index contributed by atoms with van der Waals surface area (Å²) in [6.45, 7) is 3.38. The molecule has 8 heteroatoms. The molecule has 21 heavy (non-hydrogen) atoms. The highest BCUT2D eigenvalue weighted by Crippen LogP contribution is 2.31. The third-order valence-corrected chi connectivity index (χ3v) is 6.19. The summed E-state index contributed by atoms with van der Waals surface area (Å²) in [6, 6.07) is 2.80. The predicted molar refractivity (Wildman–Crippen MR) is 83.4 cm³/mol. The van der Waals surface area contributed by atoms with Crippen molar-refractivity contribution in [1.82, 2.24) is 9.62 Å². The quantitative estimate of drug-likeness (QED) is 0.901. The molecule has 0 spiro atoms. The number of sulfonamides is 1. The molecule has 0 saturated carbocycles. The van der Waals surface area contributed by atoms with E-state index in [9.17, 15) is 8.42 Å². The Hall–Kier alpha value is -0.370. The maximum atomic E-state index is 12.8. The Balaban J connectivity index is 2.46. The number of hydrogen-bond donors (Lipinski definition) is 1. The molecule has 1 aromatic rings. The van der Waals surface area contributed by atoms with Gasteiger partial charge in [0.05, 0.1) is 18.2 Å². The van der Waals surface area contributed by atoms with Gasteiger partial charge in [-0.2, -0.15) is 4.31 Å². The van der Waals surface area contributed by atoms with Crippen LogP contribution >= 0.6 is 23.2 Å². The molecule has 0 radical (unpaired) electrons. The van der Waals surface area contributed by atoms with Crippen molar-refractivity contribution in [2.24, 2.45) is 0 Å². The molecule has 0 amide bonds. The fraction of sp³-hybridized carbons (Fsp3) is 0.538. The zero-order valence-corrected chi connectivity index (χ0v) is 14.2. The first kappa shape index (κ1) is 17.0. The molecule has 0 aliphatic carbocycles. The van der Waals surface area contributed by atoms with Crippen molar-refractivity contribution in [2.75, 3.05) is 26.8 Å². The first-order chi connectivity index (χ1) is 9.87. The Labute approximate surface area is 135 Å². The lowest BCUT2D eigenvalue weighted by atomic mass is 10.2. The van der Waals surface area contributed by atoms with Crippen molar-refractivity contribution in [2.45, 2.75) is 24.4 Å². The van der Waals surface area contributed by atoms with Crippen LogP contribution in [0.25, 0.3) is 0 Å². The summed E-state index contributed by atoms with van der Waals surface area (Å²) in [6.07, 6.45) is 0. The van der Waals surface area contributed by atoms with Crippen molar-refractivity contribution in [3.05, 3.63) is 27.7 Å². The second-order valence-corrected chi connectivity index (χ2v) is 7.62. The molecule has 0 bridgehead atoms. The summed E-state index contributed by atoms with van der Waals surface area (Å²) < 4.78 is 32.3. The minimum atomic E-state index is -3.66. The molecule has 118 valence electrons. The van der Waals surface area contributed by atoms with E-state index < -0.39 is 10.0 Å². The number of morpholine rings is 1. The maximum Gasteiger partial charge on any atom is 0.244 e. The smallest absolute Gasteiger partial charge is 0.244 e. The van der Waals surface area contributed by atoms with Crippen LogP contribution in [0.2, 0.25) is 10.0 Å². The minimum Gasteiger partial charge on any atom is -0.378 e. The lowest BCUT2D eigenvalue weighted by Crippen LogP contribution is -2.47. The molecule has 1 heterocycles. The largest absolute Gasteiger partial charge is 0.378 e. The van der Waals surface area contributed by atoms with E-state index in [1.807, 2.05) is 6.92 Å². The Morgan fingerprint density at radius 1 is 1.38 bits per heavy atom. The van der Waals surface area contributed by atoms with Crippen LogP contribution in [0.15, 0.2) is 17.0 Å². The van der Waals surface area contributed by atoms with Crippen LogP contribution in [0.1, 0.15) is 12.5 Å². The lowest BCUT2D eigenvalue weighted by molar-refractivity contribution is 0.0393. The fourth-order valence-corrected chi connectivity index (χ4v) is 4.73. The van der Waals surface area contributed by atoms with E-state index in [-0.39, 0.29) is 16.0 Å². The molecule has 1 aliphatic heterocycles. The molecule has 1 saturated heterocycles. The Morgan fingerprint density at radius 3 is 2.71 bits per heavy atom. The average molecular weight is 353 g/mol. The number of halogens is 2. The average Bonchev–Trinajstić information content (AvgIpc) is 2.42. The van der Waals surface area contributed by atoms with Gasteiger partial charge in [-0.15, -0.1) is 0 Å². The number of ether oxygens (including phenoxy) is 1. The summed E-state index contributed by atoms with van der Waals surface area (Å²) in [4.78, 5) is 0.0903. The normalized spacial score (nSPS) is 20.7. The number of nitrogens with zero attached hydrogens (tertiary/aromatic N) is 1. The zero-order valence-electron chi connectivity index (χ0n) is 11.9. The highest BCUT2D eigenvalue weighted by atomic mass is 35.5. The van der Waals surface area contributed by atoms with Gasteiger partial charge in [-0.25, -0.2) is 8.42 Å². The first-order valence-electron chi connectivity index (χ1n) is 6.60. The van der Waals surface area contributed by atoms with Crippen molar-refractivity contribution >= 4 is 33.2 Å². The van der Waals surface area contributed by atoms with Gasteiger partial charge >= 0.3 is 0 Å². The van der Waals surface area contributed by atoms with Crippen molar-refractivity contribution < 1.29 is 13.2 Å². The zero-order chi connectivity index (χ0) is 15.6. The molecule has 1 aliphatic rings. The van der Waals surface area contributed by atoms with Crippen molar-refractivity contribution in [1.29, 1.82) is 0 Å². The third kappa shape index (κ3) is 3.52. The topological polar surface area (TPSA) is 58.6 Å². The maximum absolute atomic E-state index is 12.8. The van der Waals surface area contributed by atoms with Gasteiger partial charge in [-0.05, 0) is 31.7 Å². The van der Waals surface area contributed by atoms with Gasteiger partial charge in [0, 0.05) is 24.2 Å². The van der Waals surface area contributed by atoms with E-state index in [4.69, 9.17) is 27.9 Å². The van der Waals surface area contributed by atoms with Gasteiger partial charge in [0.1, 0.15) is 4.90 Å². The highest BCUT2D eigenvalue weighted by Gasteiger charge is 2.33. The van der Waals surface area contributed by atoms with Crippen LogP contribution in [-0.2, 0) is 21.3 Å². The van der Waals surface area contributed by atoms with E-state index in [1.165, 1.54) is 10.4 Å². The van der Waals surface area contributed by atoms with Crippen LogP contribution < -0.4 is 5.32 Å². The SMILES string of the molecule is CNCc1cc(S(=O)(=O)N2CCOCC2C)c(Cl)cc1Cl. The summed E-state index contributed by atoms with van der Waals surface area (Å²) in [7, 11) is -1.90. The summed E-state index contributed by atoms with van der Waals surface area (Å²) in [5, 5.41) is 3.54. The predicted octanol–water partition coefficient (Wildman–Crippen LogP) is 2.12. The molecule has 1 aromatic carbocycles. The lowest BCUT2D eigenvalue weighted by Gasteiger charge is -2.32. The number of benzene rings is 1. The summed E-state index contributed by atoms with van der Waals surface area (Å²) in [5.74, 6) is 0. The third-order valence-electron chi connectivity index (χ3n) is 3.36. The van der Waals surface area contributed by atoms with E-state index in [0.29, 0.717) is 36.9 Å². The molecular formula is C13H18Cl2N2O3S. The molecule has 1 fully saturated rings. The van der Waals surface area contributed by atoms with Crippen LogP contribution in [0.4, 0.5) is 0 Å². The second-order valence-electron chi connectivity index (χ2n) is 4.94. The van der Waals surface area contributed by atoms with Gasteiger partial charge in [-0.1, -0.05) is 23.2 Å². The van der Waals surface area contributed by atoms with Crippen LogP contribution in [0.5, 0.6) is 0 Å².